The molecule has 4 nitrogen and oxygen atoms in total. The molecule has 2 aromatic rings. The lowest BCUT2D eigenvalue weighted by atomic mass is 10.0. The Morgan fingerprint density at radius 2 is 2.24 bits per heavy atom. The number of carbonyl (C=O) groups excluding carboxylic acids is 1. The van der Waals surface area contributed by atoms with Gasteiger partial charge in [0.15, 0.2) is 0 Å². The van der Waals surface area contributed by atoms with Crippen molar-refractivity contribution in [2.75, 3.05) is 20.2 Å². The van der Waals surface area contributed by atoms with Gasteiger partial charge in [0.1, 0.15) is 0 Å². The van der Waals surface area contributed by atoms with Gasteiger partial charge in [-0.2, -0.15) is 0 Å². The first-order valence-corrected chi connectivity index (χ1v) is 7.29. The quantitative estimate of drug-likeness (QED) is 0.801. The van der Waals surface area contributed by atoms with Gasteiger partial charge < -0.3 is 15.0 Å². The van der Waals surface area contributed by atoms with Gasteiger partial charge in [0, 0.05) is 22.7 Å². The largest absolute Gasteiger partial charge is 0.462 e. The smallest absolute Gasteiger partial charge is 0.338 e. The van der Waals surface area contributed by atoms with Crippen LogP contribution in [-0.2, 0) is 4.74 Å². The molecule has 4 heteroatoms. The number of allylic oxidation sites excluding steroid dienone is 1. The van der Waals surface area contributed by atoms with Gasteiger partial charge in [-0.1, -0.05) is 6.08 Å². The van der Waals surface area contributed by atoms with E-state index in [9.17, 15) is 4.79 Å². The number of esters is 1. The number of hydrogen-bond donors (Lipinski definition) is 2. The summed E-state index contributed by atoms with van der Waals surface area (Å²) >= 11 is 0. The normalized spacial score (nSPS) is 11.9. The molecule has 112 valence electrons. The van der Waals surface area contributed by atoms with Gasteiger partial charge in [-0.25, -0.2) is 4.79 Å². The molecule has 0 unspecified atom stereocenters. The molecule has 1 aromatic heterocycles. The lowest BCUT2D eigenvalue weighted by Gasteiger charge is -2.07. The van der Waals surface area contributed by atoms with Gasteiger partial charge in [0.25, 0.3) is 0 Å². The van der Waals surface area contributed by atoms with E-state index in [2.05, 4.69) is 16.4 Å². The third-order valence-corrected chi connectivity index (χ3v) is 3.53. The van der Waals surface area contributed by atoms with Crippen molar-refractivity contribution in [2.24, 2.45) is 0 Å². The number of aromatic nitrogens is 1. The van der Waals surface area contributed by atoms with Gasteiger partial charge in [0.05, 0.1) is 12.2 Å². The van der Waals surface area contributed by atoms with Crippen molar-refractivity contribution in [3.05, 3.63) is 41.6 Å². The minimum Gasteiger partial charge on any atom is -0.462 e. The molecule has 0 saturated carbocycles. The third-order valence-electron chi connectivity index (χ3n) is 3.53. The third kappa shape index (κ3) is 3.34. The highest BCUT2D eigenvalue weighted by Gasteiger charge is 2.12. The van der Waals surface area contributed by atoms with Crippen LogP contribution in [0.4, 0.5) is 0 Å². The molecule has 21 heavy (non-hydrogen) atoms. The molecule has 1 aromatic carbocycles. The van der Waals surface area contributed by atoms with Crippen LogP contribution < -0.4 is 5.32 Å². The fourth-order valence-corrected chi connectivity index (χ4v) is 2.42. The van der Waals surface area contributed by atoms with Crippen LogP contribution in [0.15, 0.2) is 30.5 Å². The number of rotatable bonds is 6. The minimum absolute atomic E-state index is 0.274. The maximum atomic E-state index is 11.9. The highest BCUT2D eigenvalue weighted by molar-refractivity contribution is 5.99. The van der Waals surface area contributed by atoms with Crippen LogP contribution in [0.5, 0.6) is 0 Å². The summed E-state index contributed by atoms with van der Waals surface area (Å²) in [5.74, 6) is -0.274. The van der Waals surface area contributed by atoms with Gasteiger partial charge in [-0.15, -0.1) is 0 Å². The molecule has 0 atom stereocenters. The first-order chi connectivity index (χ1) is 10.2. The van der Waals surface area contributed by atoms with Gasteiger partial charge in [0.2, 0.25) is 0 Å². The van der Waals surface area contributed by atoms with Crippen molar-refractivity contribution in [2.45, 2.75) is 20.3 Å². The summed E-state index contributed by atoms with van der Waals surface area (Å²) in [4.78, 5) is 15.1. The van der Waals surface area contributed by atoms with Crippen molar-refractivity contribution in [3.8, 4) is 0 Å². The molecule has 0 saturated heterocycles. The number of fused-ring (bicyclic) bond motifs is 1. The predicted molar refractivity (Wildman–Crippen MR) is 86.4 cm³/mol. The molecule has 0 aliphatic carbocycles. The zero-order chi connectivity index (χ0) is 15.2. The summed E-state index contributed by atoms with van der Waals surface area (Å²) in [5, 5.41) is 4.22. The molecule has 2 rings (SSSR count). The molecule has 0 spiro atoms. The van der Waals surface area contributed by atoms with Crippen LogP contribution in [0.1, 0.15) is 36.2 Å². The summed E-state index contributed by atoms with van der Waals surface area (Å²) in [6.07, 6.45) is 5.07. The Labute approximate surface area is 125 Å². The van der Waals surface area contributed by atoms with Crippen LogP contribution >= 0.6 is 0 Å². The Hall–Kier alpha value is -2.07. The summed E-state index contributed by atoms with van der Waals surface area (Å²) in [6.45, 7) is 5.16. The number of aromatic amines is 1. The van der Waals surface area contributed by atoms with Gasteiger partial charge in [-0.05, 0) is 57.6 Å². The summed E-state index contributed by atoms with van der Waals surface area (Å²) in [6, 6.07) is 5.63. The summed E-state index contributed by atoms with van der Waals surface area (Å²) in [7, 11) is 1.95. The topological polar surface area (TPSA) is 54.1 Å². The predicted octanol–water partition coefficient (Wildman–Crippen LogP) is 3.36. The zero-order valence-electron chi connectivity index (χ0n) is 12.8. The Morgan fingerprint density at radius 1 is 1.43 bits per heavy atom. The van der Waals surface area contributed by atoms with Crippen molar-refractivity contribution < 1.29 is 9.53 Å². The monoisotopic (exact) mass is 286 g/mol. The van der Waals surface area contributed by atoms with Crippen molar-refractivity contribution in [1.29, 1.82) is 0 Å². The van der Waals surface area contributed by atoms with Crippen LogP contribution in [0.3, 0.4) is 0 Å². The summed E-state index contributed by atoms with van der Waals surface area (Å²) in [5.41, 5.74) is 4.03. The average molecular weight is 286 g/mol. The molecule has 0 aliphatic rings. The molecule has 0 bridgehead atoms. The fourth-order valence-electron chi connectivity index (χ4n) is 2.42. The highest BCUT2D eigenvalue weighted by Crippen LogP contribution is 2.28. The number of benzene rings is 1. The van der Waals surface area contributed by atoms with E-state index in [1.165, 1.54) is 5.57 Å². The number of hydrogen-bond acceptors (Lipinski definition) is 3. The first kappa shape index (κ1) is 15.3. The molecule has 2 N–H and O–H groups in total. The van der Waals surface area contributed by atoms with Gasteiger partial charge in [-0.3, -0.25) is 0 Å². The van der Waals surface area contributed by atoms with Crippen molar-refractivity contribution in [3.63, 3.8) is 0 Å². The Balaban J connectivity index is 2.41. The van der Waals surface area contributed by atoms with E-state index in [1.54, 1.807) is 6.07 Å². The van der Waals surface area contributed by atoms with Crippen molar-refractivity contribution >= 4 is 22.4 Å². The number of H-pyrrole nitrogens is 1. The van der Waals surface area contributed by atoms with Crippen LogP contribution in [-0.4, -0.2) is 31.2 Å². The molecule has 0 fully saturated rings. The average Bonchev–Trinajstić information content (AvgIpc) is 2.91. The van der Waals surface area contributed by atoms with Gasteiger partial charge >= 0.3 is 5.97 Å². The van der Waals surface area contributed by atoms with Crippen LogP contribution in [0.25, 0.3) is 16.5 Å². The number of nitrogens with one attached hydrogen (secondary N) is 2. The van der Waals surface area contributed by atoms with Crippen LogP contribution in [0.2, 0.25) is 0 Å². The van der Waals surface area contributed by atoms with E-state index in [-0.39, 0.29) is 5.97 Å². The Morgan fingerprint density at radius 3 is 2.90 bits per heavy atom. The number of carbonyl (C=O) groups is 1. The molecular formula is C17H22N2O2. The number of ether oxygens (including phenoxy) is 1. The van der Waals surface area contributed by atoms with E-state index in [0.717, 1.165) is 29.4 Å². The fraction of sp³-hybridized carbons (Fsp3) is 0.353. The van der Waals surface area contributed by atoms with Crippen molar-refractivity contribution in [1.82, 2.24) is 10.3 Å². The molecule has 1 heterocycles. The lowest BCUT2D eigenvalue weighted by molar-refractivity contribution is 0.0526. The zero-order valence-corrected chi connectivity index (χ0v) is 12.8. The molecule has 0 aliphatic heterocycles. The standard InChI is InChI=1S/C17H22N2O2/c1-4-12(8-9-18-3)15-11-19-16-7-6-13(10-14(15)16)17(20)21-5-2/h4,6-7,10-11,18-19H,5,8-9H2,1-3H3/b12-4+. The Bertz CT molecular complexity index is 656. The van der Waals surface area contributed by atoms with E-state index >= 15 is 0 Å². The first-order valence-electron chi connectivity index (χ1n) is 7.29. The molecule has 0 amide bonds. The van der Waals surface area contributed by atoms with Crippen LogP contribution in [0, 0.1) is 0 Å². The molecular weight excluding hydrogens is 264 g/mol. The van der Waals surface area contributed by atoms with E-state index in [4.69, 9.17) is 4.74 Å². The second-order valence-electron chi connectivity index (χ2n) is 4.85. The highest BCUT2D eigenvalue weighted by atomic mass is 16.5. The van der Waals surface area contributed by atoms with E-state index in [1.807, 2.05) is 39.2 Å². The van der Waals surface area contributed by atoms with E-state index < -0.39 is 0 Å². The molecule has 0 radical (unpaired) electrons. The SMILES string of the molecule is C/C=C(\CCNC)c1c[nH]c2ccc(C(=O)OCC)cc12. The second kappa shape index (κ2) is 7.09. The minimum atomic E-state index is -0.274. The Kier molecular flexibility index (Phi) is 5.17. The van der Waals surface area contributed by atoms with E-state index in [0.29, 0.717) is 12.2 Å². The summed E-state index contributed by atoms with van der Waals surface area (Å²) < 4.78 is 5.07. The second-order valence-corrected chi connectivity index (χ2v) is 4.85. The lowest BCUT2D eigenvalue weighted by Crippen LogP contribution is -2.08. The maximum Gasteiger partial charge on any atom is 0.338 e. The maximum absolute atomic E-state index is 11.9.